The van der Waals surface area contributed by atoms with Crippen LogP contribution in [0, 0.1) is 5.92 Å². The van der Waals surface area contributed by atoms with Crippen molar-refractivity contribution >= 4 is 39.5 Å². The SMILES string of the molecule is CCCCCCCCCCC(=O)OC[C@H](COP(=O)(O)OC[C@@H](O)COP(=O)(O)OC[C@@H](COC(=O)CCCCCCCCC)OC(=O)CCCCCCCCCC)OC(=O)CCCCCCCCCCCCC(C)C. The van der Waals surface area contributed by atoms with Gasteiger partial charge in [0, 0.05) is 25.7 Å². The van der Waals surface area contributed by atoms with E-state index in [1.807, 2.05) is 0 Å². The number of unbranched alkanes of at least 4 members (excludes halogenated alkanes) is 29. The fourth-order valence-corrected chi connectivity index (χ4v) is 9.92. The largest absolute Gasteiger partial charge is 0.472 e. The fourth-order valence-electron chi connectivity index (χ4n) is 8.34. The summed E-state index contributed by atoms with van der Waals surface area (Å²) in [6.07, 6.45) is 32.3. The van der Waals surface area contributed by atoms with Gasteiger partial charge in [0.1, 0.15) is 19.3 Å². The first-order chi connectivity index (χ1) is 36.5. The average molecular weight is 1130 g/mol. The minimum atomic E-state index is -4.93. The van der Waals surface area contributed by atoms with Crippen LogP contribution in [0.4, 0.5) is 0 Å². The summed E-state index contributed by atoms with van der Waals surface area (Å²) in [4.78, 5) is 71.6. The normalized spacial score (nSPS) is 14.4. The summed E-state index contributed by atoms with van der Waals surface area (Å²) in [6.45, 7) is 7.03. The zero-order chi connectivity index (χ0) is 56.4. The summed E-state index contributed by atoms with van der Waals surface area (Å²) in [5, 5.41) is 10.5. The van der Waals surface area contributed by atoms with Gasteiger partial charge < -0.3 is 33.8 Å². The van der Waals surface area contributed by atoms with Gasteiger partial charge in [-0.25, -0.2) is 9.13 Å². The first kappa shape index (κ1) is 74.1. The van der Waals surface area contributed by atoms with Crippen molar-refractivity contribution in [1.82, 2.24) is 0 Å². The number of carbonyl (C=O) groups is 4. The first-order valence-electron chi connectivity index (χ1n) is 30.1. The number of hydrogen-bond donors (Lipinski definition) is 3. The van der Waals surface area contributed by atoms with Gasteiger partial charge in [0.25, 0.3) is 0 Å². The zero-order valence-corrected chi connectivity index (χ0v) is 50.2. The monoisotopic (exact) mass is 1130 g/mol. The quantitative estimate of drug-likeness (QED) is 0.0222. The fraction of sp³-hybridized carbons (Fsp3) is 0.930. The maximum atomic E-state index is 12.9. The van der Waals surface area contributed by atoms with E-state index < -0.39 is 97.5 Å². The highest BCUT2D eigenvalue weighted by molar-refractivity contribution is 7.47. The summed E-state index contributed by atoms with van der Waals surface area (Å²) in [5.41, 5.74) is 0. The molecule has 19 heteroatoms. The molecule has 0 amide bonds. The molecule has 0 aliphatic carbocycles. The second-order valence-electron chi connectivity index (χ2n) is 21.2. The number of phosphoric ester groups is 2. The molecule has 0 fully saturated rings. The molecule has 0 aliphatic heterocycles. The predicted molar refractivity (Wildman–Crippen MR) is 298 cm³/mol. The minimum absolute atomic E-state index is 0.104. The maximum Gasteiger partial charge on any atom is 0.472 e. The van der Waals surface area contributed by atoms with Crippen LogP contribution in [0.1, 0.15) is 279 Å². The number of aliphatic hydroxyl groups excluding tert-OH is 1. The van der Waals surface area contributed by atoms with E-state index in [0.717, 1.165) is 121 Å². The molecule has 0 saturated carbocycles. The van der Waals surface area contributed by atoms with Crippen molar-refractivity contribution in [2.75, 3.05) is 39.6 Å². The highest BCUT2D eigenvalue weighted by atomic mass is 31.2. The van der Waals surface area contributed by atoms with Gasteiger partial charge in [-0.05, 0) is 31.6 Å². The van der Waals surface area contributed by atoms with Crippen molar-refractivity contribution in [3.63, 3.8) is 0 Å². The van der Waals surface area contributed by atoms with Gasteiger partial charge in [-0.1, -0.05) is 227 Å². The van der Waals surface area contributed by atoms with E-state index in [4.69, 9.17) is 37.0 Å². The highest BCUT2D eigenvalue weighted by Crippen LogP contribution is 2.45. The number of ether oxygens (including phenoxy) is 4. The molecule has 0 aromatic heterocycles. The average Bonchev–Trinajstić information content (AvgIpc) is 3.38. The number of phosphoric acid groups is 2. The van der Waals surface area contributed by atoms with Gasteiger partial charge in [-0.15, -0.1) is 0 Å². The Labute approximate surface area is 460 Å². The maximum absolute atomic E-state index is 12.9. The smallest absolute Gasteiger partial charge is 0.462 e. The van der Waals surface area contributed by atoms with Crippen LogP contribution < -0.4 is 0 Å². The highest BCUT2D eigenvalue weighted by Gasteiger charge is 2.30. The Morgan fingerprint density at radius 3 is 0.895 bits per heavy atom. The van der Waals surface area contributed by atoms with Gasteiger partial charge in [-0.2, -0.15) is 0 Å². The molecule has 0 aliphatic rings. The van der Waals surface area contributed by atoms with E-state index in [1.165, 1.54) is 77.0 Å². The number of carbonyl (C=O) groups excluding carboxylic acids is 4. The van der Waals surface area contributed by atoms with Gasteiger partial charge in [0.15, 0.2) is 12.2 Å². The third kappa shape index (κ3) is 51.5. The molecule has 450 valence electrons. The number of aliphatic hydroxyl groups is 1. The Hall–Kier alpha value is -1.94. The summed E-state index contributed by atoms with van der Waals surface area (Å²) < 4.78 is 67.5. The molecule has 3 N–H and O–H groups in total. The van der Waals surface area contributed by atoms with E-state index >= 15 is 0 Å². The molecule has 0 aromatic carbocycles. The second-order valence-corrected chi connectivity index (χ2v) is 24.1. The Morgan fingerprint density at radius 2 is 0.605 bits per heavy atom. The van der Waals surface area contributed by atoms with Crippen LogP contribution in [0.25, 0.3) is 0 Å². The second kappa shape index (κ2) is 51.2. The first-order valence-corrected chi connectivity index (χ1v) is 33.1. The van der Waals surface area contributed by atoms with Crippen LogP contribution in [0.3, 0.4) is 0 Å². The summed E-state index contributed by atoms with van der Waals surface area (Å²) in [7, 11) is -9.86. The molecule has 0 heterocycles. The van der Waals surface area contributed by atoms with Crippen LogP contribution in [0.2, 0.25) is 0 Å². The lowest BCUT2D eigenvalue weighted by Gasteiger charge is -2.21. The molecule has 0 radical (unpaired) electrons. The topological polar surface area (TPSA) is 237 Å². The van der Waals surface area contributed by atoms with Crippen LogP contribution >= 0.6 is 15.6 Å². The summed E-state index contributed by atoms with van der Waals surface area (Å²) >= 11 is 0. The number of hydrogen-bond acceptors (Lipinski definition) is 15. The Morgan fingerprint density at radius 1 is 0.355 bits per heavy atom. The zero-order valence-electron chi connectivity index (χ0n) is 48.4. The molecule has 2 unspecified atom stereocenters. The van der Waals surface area contributed by atoms with E-state index in [1.54, 1.807) is 0 Å². The molecule has 0 saturated heterocycles. The standard InChI is InChI=1S/C57H110O17P2/c1-6-9-12-15-18-26-31-36-41-55(60)68-47-53(74-57(62)43-38-33-28-23-21-20-22-25-29-34-39-50(4)5)49-72-76(65,66)70-45-51(58)44-69-75(63,64)71-48-52(46-67-54(59)40-35-30-24-17-14-11-8-3)73-56(61)42-37-32-27-19-16-13-10-7-2/h50-53,58H,6-49H2,1-5H3,(H,63,64)(H,65,66)/t51-,52+,53+/m0/s1. The van der Waals surface area contributed by atoms with E-state index in [0.29, 0.717) is 25.7 Å². The van der Waals surface area contributed by atoms with Crippen molar-refractivity contribution < 1.29 is 80.2 Å². The van der Waals surface area contributed by atoms with Gasteiger partial charge >= 0.3 is 39.5 Å². The predicted octanol–water partition coefficient (Wildman–Crippen LogP) is 15.1. The minimum Gasteiger partial charge on any atom is -0.462 e. The molecule has 0 rings (SSSR count). The van der Waals surface area contributed by atoms with Crippen LogP contribution in [0.5, 0.6) is 0 Å². The van der Waals surface area contributed by atoms with E-state index in [-0.39, 0.29) is 25.7 Å². The van der Waals surface area contributed by atoms with Crippen molar-refractivity contribution in [2.45, 2.75) is 297 Å². The van der Waals surface area contributed by atoms with Crippen LogP contribution in [-0.2, 0) is 65.4 Å². The molecule has 17 nitrogen and oxygen atoms in total. The van der Waals surface area contributed by atoms with Crippen LogP contribution in [-0.4, -0.2) is 96.7 Å². The van der Waals surface area contributed by atoms with E-state index in [9.17, 15) is 43.2 Å². The summed E-state index contributed by atoms with van der Waals surface area (Å²) in [6, 6.07) is 0. The van der Waals surface area contributed by atoms with Crippen LogP contribution in [0.15, 0.2) is 0 Å². The van der Waals surface area contributed by atoms with Gasteiger partial charge in [0.2, 0.25) is 0 Å². The third-order valence-electron chi connectivity index (χ3n) is 13.0. The Kier molecular flexibility index (Phi) is 49.9. The molecule has 5 atom stereocenters. The van der Waals surface area contributed by atoms with E-state index in [2.05, 4.69) is 34.6 Å². The van der Waals surface area contributed by atoms with Crippen molar-refractivity contribution in [3.8, 4) is 0 Å². The lowest BCUT2D eigenvalue weighted by atomic mass is 10.0. The number of esters is 4. The van der Waals surface area contributed by atoms with Gasteiger partial charge in [-0.3, -0.25) is 37.3 Å². The molecular formula is C57H110O17P2. The van der Waals surface area contributed by atoms with Gasteiger partial charge in [0.05, 0.1) is 26.4 Å². The molecule has 76 heavy (non-hydrogen) atoms. The molecular weight excluding hydrogens is 1020 g/mol. The lowest BCUT2D eigenvalue weighted by Crippen LogP contribution is -2.30. The number of rotatable bonds is 57. The molecule has 0 bridgehead atoms. The van der Waals surface area contributed by atoms with Crippen molar-refractivity contribution in [3.05, 3.63) is 0 Å². The molecule has 0 aromatic rings. The summed E-state index contributed by atoms with van der Waals surface area (Å²) in [5.74, 6) is -1.40. The van der Waals surface area contributed by atoms with Crippen molar-refractivity contribution in [1.29, 1.82) is 0 Å². The lowest BCUT2D eigenvalue weighted by molar-refractivity contribution is -0.161. The Bertz CT molecular complexity index is 1500. The Balaban J connectivity index is 5.18. The molecule has 0 spiro atoms. The third-order valence-corrected chi connectivity index (χ3v) is 14.9. The van der Waals surface area contributed by atoms with Crippen molar-refractivity contribution in [2.24, 2.45) is 5.92 Å².